The molecular formula is C29H28F3N7O. The van der Waals surface area contributed by atoms with Gasteiger partial charge in [0.15, 0.2) is 0 Å². The number of nitrogens with zero attached hydrogens (tertiary/aromatic N) is 5. The molecule has 0 spiro atoms. The molecule has 1 saturated heterocycles. The molecule has 8 nitrogen and oxygen atoms in total. The Kier molecular flexibility index (Phi) is 7.90. The topological polar surface area (TPSA) is 95.9 Å². The number of halogens is 3. The molecule has 206 valence electrons. The van der Waals surface area contributed by atoms with Crippen molar-refractivity contribution in [2.75, 3.05) is 23.7 Å². The van der Waals surface area contributed by atoms with E-state index in [2.05, 4.69) is 30.6 Å². The van der Waals surface area contributed by atoms with E-state index in [0.29, 0.717) is 31.0 Å². The molecule has 1 fully saturated rings. The van der Waals surface area contributed by atoms with Crippen molar-refractivity contribution in [3.8, 4) is 11.3 Å². The maximum absolute atomic E-state index is 13.1. The lowest BCUT2D eigenvalue weighted by Crippen LogP contribution is -2.43. The number of amides is 1. The number of alkyl halides is 3. The van der Waals surface area contributed by atoms with E-state index in [1.54, 1.807) is 24.7 Å². The third-order valence-corrected chi connectivity index (χ3v) is 6.65. The summed E-state index contributed by atoms with van der Waals surface area (Å²) in [6, 6.07) is 13.2. The lowest BCUT2D eigenvalue weighted by atomic mass is 10.0. The zero-order valence-corrected chi connectivity index (χ0v) is 21.8. The second-order valence-electron chi connectivity index (χ2n) is 9.74. The standard InChI is InChI=1S/C29H28F3N7O/c1-19-13-24(37-27(14-19)38-26-16-22(6-10-34-26)29(30,31)32)21-4-5-25(35-18-21)36-23-7-11-39(12-8-23)28(40)15-20-3-2-9-33-17-20/h2-6,9-10,13-14,16-18,23H,7-8,11-12,15H2,1H3,(H,35,36)(H,34,37,38). The van der Waals surface area contributed by atoms with Gasteiger partial charge >= 0.3 is 6.18 Å². The van der Waals surface area contributed by atoms with Crippen molar-refractivity contribution >= 4 is 23.4 Å². The second kappa shape index (κ2) is 11.7. The number of nitrogens with one attached hydrogen (secondary N) is 2. The van der Waals surface area contributed by atoms with Crippen molar-refractivity contribution in [1.82, 2.24) is 24.8 Å². The third-order valence-electron chi connectivity index (χ3n) is 6.65. The average Bonchev–Trinajstić information content (AvgIpc) is 2.94. The molecule has 40 heavy (non-hydrogen) atoms. The van der Waals surface area contributed by atoms with E-state index in [-0.39, 0.29) is 17.8 Å². The Balaban J connectivity index is 1.18. The van der Waals surface area contributed by atoms with Gasteiger partial charge in [-0.05, 0) is 73.4 Å². The van der Waals surface area contributed by atoms with Crippen LogP contribution in [0, 0.1) is 6.92 Å². The Morgan fingerprint density at radius 1 is 0.975 bits per heavy atom. The number of anilines is 3. The van der Waals surface area contributed by atoms with Crippen LogP contribution in [0.25, 0.3) is 11.3 Å². The lowest BCUT2D eigenvalue weighted by Gasteiger charge is -2.32. The molecule has 4 aromatic rings. The van der Waals surface area contributed by atoms with Gasteiger partial charge in [-0.2, -0.15) is 13.2 Å². The highest BCUT2D eigenvalue weighted by Crippen LogP contribution is 2.31. The van der Waals surface area contributed by atoms with Crippen LogP contribution >= 0.6 is 0 Å². The number of aryl methyl sites for hydroxylation is 1. The number of carbonyl (C=O) groups is 1. The molecule has 1 aliphatic rings. The van der Waals surface area contributed by atoms with Crippen LogP contribution in [0.3, 0.4) is 0 Å². The average molecular weight is 548 g/mol. The quantitative estimate of drug-likeness (QED) is 0.309. The summed E-state index contributed by atoms with van der Waals surface area (Å²) in [6.07, 6.45) is 3.78. The molecule has 0 atom stereocenters. The highest BCUT2D eigenvalue weighted by Gasteiger charge is 2.30. The first-order valence-corrected chi connectivity index (χ1v) is 12.9. The molecule has 5 rings (SSSR count). The zero-order valence-electron chi connectivity index (χ0n) is 21.8. The molecule has 1 amide bonds. The number of hydrogen-bond donors (Lipinski definition) is 2. The molecule has 0 unspecified atom stereocenters. The van der Waals surface area contributed by atoms with Gasteiger partial charge in [0.05, 0.1) is 17.7 Å². The monoisotopic (exact) mass is 547 g/mol. The maximum Gasteiger partial charge on any atom is 0.416 e. The van der Waals surface area contributed by atoms with Crippen LogP contribution in [-0.2, 0) is 17.4 Å². The van der Waals surface area contributed by atoms with Gasteiger partial charge in [-0.1, -0.05) is 6.07 Å². The van der Waals surface area contributed by atoms with Gasteiger partial charge < -0.3 is 15.5 Å². The van der Waals surface area contributed by atoms with Crippen molar-refractivity contribution < 1.29 is 18.0 Å². The molecule has 0 bridgehead atoms. The molecule has 4 aromatic heterocycles. The largest absolute Gasteiger partial charge is 0.416 e. The summed E-state index contributed by atoms with van der Waals surface area (Å²) in [4.78, 5) is 31.7. The molecular weight excluding hydrogens is 519 g/mol. The van der Waals surface area contributed by atoms with E-state index in [4.69, 9.17) is 0 Å². The Labute approximate surface area is 229 Å². The van der Waals surface area contributed by atoms with Crippen molar-refractivity contribution in [2.45, 2.75) is 38.4 Å². The smallest absolute Gasteiger partial charge is 0.367 e. The van der Waals surface area contributed by atoms with Crippen LogP contribution < -0.4 is 10.6 Å². The van der Waals surface area contributed by atoms with E-state index in [0.717, 1.165) is 53.7 Å². The van der Waals surface area contributed by atoms with E-state index in [1.807, 2.05) is 42.2 Å². The molecule has 1 aliphatic heterocycles. The van der Waals surface area contributed by atoms with Gasteiger partial charge in [0.25, 0.3) is 0 Å². The van der Waals surface area contributed by atoms with Crippen LogP contribution in [0.2, 0.25) is 0 Å². The first kappa shape index (κ1) is 27.0. The highest BCUT2D eigenvalue weighted by atomic mass is 19.4. The van der Waals surface area contributed by atoms with Crippen LogP contribution in [0.5, 0.6) is 0 Å². The number of pyridine rings is 4. The predicted octanol–water partition coefficient (Wildman–Crippen LogP) is 5.65. The van der Waals surface area contributed by atoms with Crippen LogP contribution in [0.4, 0.5) is 30.6 Å². The van der Waals surface area contributed by atoms with Crippen molar-refractivity contribution in [3.05, 3.63) is 90.0 Å². The first-order valence-electron chi connectivity index (χ1n) is 12.9. The molecule has 0 aromatic carbocycles. The van der Waals surface area contributed by atoms with Crippen molar-refractivity contribution in [2.24, 2.45) is 0 Å². The summed E-state index contributed by atoms with van der Waals surface area (Å²) in [5.74, 6) is 1.27. The second-order valence-corrected chi connectivity index (χ2v) is 9.74. The van der Waals surface area contributed by atoms with Gasteiger partial charge in [0, 0.05) is 49.5 Å². The van der Waals surface area contributed by atoms with Gasteiger partial charge in [0.2, 0.25) is 5.91 Å². The number of hydrogen-bond acceptors (Lipinski definition) is 7. The van der Waals surface area contributed by atoms with Gasteiger partial charge in [-0.3, -0.25) is 9.78 Å². The lowest BCUT2D eigenvalue weighted by molar-refractivity contribution is -0.137. The molecule has 11 heteroatoms. The summed E-state index contributed by atoms with van der Waals surface area (Å²) in [7, 11) is 0. The minimum Gasteiger partial charge on any atom is -0.367 e. The van der Waals surface area contributed by atoms with E-state index >= 15 is 0 Å². The maximum atomic E-state index is 13.1. The van der Waals surface area contributed by atoms with Crippen molar-refractivity contribution in [1.29, 1.82) is 0 Å². The molecule has 5 heterocycles. The van der Waals surface area contributed by atoms with E-state index < -0.39 is 11.7 Å². The molecule has 0 radical (unpaired) electrons. The fourth-order valence-corrected chi connectivity index (χ4v) is 4.59. The first-order chi connectivity index (χ1) is 19.2. The molecule has 0 aliphatic carbocycles. The number of aromatic nitrogens is 4. The van der Waals surface area contributed by atoms with E-state index in [1.165, 1.54) is 0 Å². The fraction of sp³-hybridized carbons (Fsp3) is 0.276. The van der Waals surface area contributed by atoms with Gasteiger partial charge in [0.1, 0.15) is 17.5 Å². The summed E-state index contributed by atoms with van der Waals surface area (Å²) in [6.45, 7) is 3.24. The Bertz CT molecular complexity index is 1450. The van der Waals surface area contributed by atoms with E-state index in [9.17, 15) is 18.0 Å². The van der Waals surface area contributed by atoms with Crippen LogP contribution in [0.15, 0.2) is 73.3 Å². The van der Waals surface area contributed by atoms with Gasteiger partial charge in [-0.15, -0.1) is 0 Å². The number of rotatable bonds is 7. The SMILES string of the molecule is Cc1cc(Nc2cc(C(F)(F)F)ccn2)nc(-c2ccc(NC3CCN(C(=O)Cc4cccnc4)CC3)nc2)c1. The summed E-state index contributed by atoms with van der Waals surface area (Å²) in [5.41, 5.74) is 2.41. The Morgan fingerprint density at radius 2 is 1.80 bits per heavy atom. The predicted molar refractivity (Wildman–Crippen MR) is 146 cm³/mol. The van der Waals surface area contributed by atoms with Crippen LogP contribution in [0.1, 0.15) is 29.5 Å². The minimum absolute atomic E-state index is 0.0568. The van der Waals surface area contributed by atoms with Crippen LogP contribution in [-0.4, -0.2) is 49.9 Å². The minimum atomic E-state index is -4.46. The number of likely N-dealkylation sites (tertiary alicyclic amines) is 1. The fourth-order valence-electron chi connectivity index (χ4n) is 4.59. The van der Waals surface area contributed by atoms with Crippen molar-refractivity contribution in [3.63, 3.8) is 0 Å². The summed E-state index contributed by atoms with van der Waals surface area (Å²) >= 11 is 0. The normalized spacial score (nSPS) is 14.2. The summed E-state index contributed by atoms with van der Waals surface area (Å²) in [5, 5.41) is 6.32. The Hall–Kier alpha value is -4.54. The Morgan fingerprint density at radius 3 is 2.50 bits per heavy atom. The number of carbonyl (C=O) groups excluding carboxylic acids is 1. The molecule has 0 saturated carbocycles. The van der Waals surface area contributed by atoms with Gasteiger partial charge in [-0.25, -0.2) is 15.0 Å². The highest BCUT2D eigenvalue weighted by molar-refractivity contribution is 5.78. The number of piperidine rings is 1. The zero-order chi connectivity index (χ0) is 28.1. The summed E-state index contributed by atoms with van der Waals surface area (Å²) < 4.78 is 39.2. The third kappa shape index (κ3) is 6.90. The molecule has 2 N–H and O–H groups in total.